The molecule has 1 N–H and O–H groups in total. The Kier molecular flexibility index (Phi) is 7.03. The van der Waals surface area contributed by atoms with Crippen LogP contribution in [0.5, 0.6) is 0 Å². The largest absolute Gasteiger partial charge is 0.452 e. The smallest absolute Gasteiger partial charge is 0.320 e. The summed E-state index contributed by atoms with van der Waals surface area (Å²) in [7, 11) is -2.96. The minimum absolute atomic E-state index is 0.0236. The maximum Gasteiger partial charge on any atom is 0.320 e. The summed E-state index contributed by atoms with van der Waals surface area (Å²) >= 11 is 0. The van der Waals surface area contributed by atoms with Crippen molar-refractivity contribution < 1.29 is 22.7 Å². The average Bonchev–Trinajstić information content (AvgIpc) is 2.55. The second-order valence-corrected chi connectivity index (χ2v) is 9.11. The van der Waals surface area contributed by atoms with Crippen molar-refractivity contribution in [3.63, 3.8) is 0 Å². The maximum absolute atomic E-state index is 12.0. The Hall–Kier alpha value is -1.15. The fourth-order valence-electron chi connectivity index (χ4n) is 3.16. The van der Waals surface area contributed by atoms with E-state index in [-0.39, 0.29) is 24.0 Å². The van der Waals surface area contributed by atoms with E-state index in [1.165, 1.54) is 19.3 Å². The Morgan fingerprint density at radius 1 is 1.17 bits per heavy atom. The number of ether oxygens (including phenoxy) is 1. The number of nitrogens with one attached hydrogen (secondary N) is 1. The molecule has 0 aromatic heterocycles. The standard InChI is InChI=1S/C16H28N2O5S/c1-13(16(20)17-11-14-5-3-2-4-6-14)23-15(19)12-18-7-9-24(21,22)10-8-18/h13-14H,2-12H2,1H3,(H,17,20). The Morgan fingerprint density at radius 3 is 2.42 bits per heavy atom. The van der Waals surface area contributed by atoms with Crippen LogP contribution < -0.4 is 5.32 Å². The third kappa shape index (κ3) is 6.39. The monoisotopic (exact) mass is 360 g/mol. The predicted octanol–water partition coefficient (Wildman–Crippen LogP) is 0.345. The lowest BCUT2D eigenvalue weighted by Crippen LogP contribution is -2.44. The molecule has 8 heteroatoms. The highest BCUT2D eigenvalue weighted by molar-refractivity contribution is 7.91. The van der Waals surface area contributed by atoms with Crippen molar-refractivity contribution in [2.45, 2.75) is 45.1 Å². The zero-order valence-electron chi connectivity index (χ0n) is 14.3. The SMILES string of the molecule is CC(OC(=O)CN1CCS(=O)(=O)CC1)C(=O)NCC1CCCCC1. The number of carbonyl (C=O) groups is 2. The maximum atomic E-state index is 12.0. The van der Waals surface area contributed by atoms with E-state index in [9.17, 15) is 18.0 Å². The van der Waals surface area contributed by atoms with Gasteiger partial charge >= 0.3 is 5.97 Å². The van der Waals surface area contributed by atoms with Crippen molar-refractivity contribution in [2.24, 2.45) is 5.92 Å². The van der Waals surface area contributed by atoms with E-state index < -0.39 is 21.9 Å². The molecule has 1 saturated carbocycles. The fraction of sp³-hybridized carbons (Fsp3) is 0.875. The van der Waals surface area contributed by atoms with Gasteiger partial charge in [0.15, 0.2) is 15.9 Å². The normalized spacial score (nSPS) is 23.4. The molecule has 0 spiro atoms. The van der Waals surface area contributed by atoms with E-state index in [0.29, 0.717) is 25.6 Å². The molecule has 0 aromatic rings. The van der Waals surface area contributed by atoms with Crippen molar-refractivity contribution in [1.82, 2.24) is 10.2 Å². The van der Waals surface area contributed by atoms with E-state index >= 15 is 0 Å². The summed E-state index contributed by atoms with van der Waals surface area (Å²) in [4.78, 5) is 25.7. The number of carbonyl (C=O) groups excluding carboxylic acids is 2. The van der Waals surface area contributed by atoms with Crippen LogP contribution in [0.3, 0.4) is 0 Å². The van der Waals surface area contributed by atoms with Crippen LogP contribution in [0.15, 0.2) is 0 Å². The second kappa shape index (κ2) is 8.80. The zero-order valence-corrected chi connectivity index (χ0v) is 15.1. The van der Waals surface area contributed by atoms with Crippen LogP contribution >= 0.6 is 0 Å². The topological polar surface area (TPSA) is 92.8 Å². The summed E-state index contributed by atoms with van der Waals surface area (Å²) in [6, 6.07) is 0. The molecule has 1 amide bonds. The van der Waals surface area contributed by atoms with Gasteiger partial charge in [-0.05, 0) is 25.7 Å². The molecule has 24 heavy (non-hydrogen) atoms. The van der Waals surface area contributed by atoms with Gasteiger partial charge in [0.2, 0.25) is 0 Å². The molecule has 1 aliphatic carbocycles. The van der Waals surface area contributed by atoms with E-state index in [1.54, 1.807) is 11.8 Å². The van der Waals surface area contributed by atoms with Crippen LogP contribution in [0.2, 0.25) is 0 Å². The van der Waals surface area contributed by atoms with Gasteiger partial charge < -0.3 is 10.1 Å². The summed E-state index contributed by atoms with van der Waals surface area (Å²) in [6.07, 6.45) is 5.18. The molecular weight excluding hydrogens is 332 g/mol. The Balaban J connectivity index is 1.65. The Morgan fingerprint density at radius 2 is 1.79 bits per heavy atom. The van der Waals surface area contributed by atoms with E-state index in [4.69, 9.17) is 4.74 Å². The first kappa shape index (κ1) is 19.2. The summed E-state index contributed by atoms with van der Waals surface area (Å²) < 4.78 is 27.9. The third-order valence-electron chi connectivity index (χ3n) is 4.76. The van der Waals surface area contributed by atoms with Gasteiger partial charge in [0, 0.05) is 19.6 Å². The minimum Gasteiger partial charge on any atom is -0.452 e. The van der Waals surface area contributed by atoms with Gasteiger partial charge in [-0.15, -0.1) is 0 Å². The number of amides is 1. The molecule has 1 aliphatic heterocycles. The van der Waals surface area contributed by atoms with Gasteiger partial charge in [-0.25, -0.2) is 8.42 Å². The summed E-state index contributed by atoms with van der Waals surface area (Å²) in [5.41, 5.74) is 0. The van der Waals surface area contributed by atoms with Crippen LogP contribution in [0.4, 0.5) is 0 Å². The molecule has 2 aliphatic rings. The summed E-state index contributed by atoms with van der Waals surface area (Å²) in [6.45, 7) is 2.90. The molecule has 7 nitrogen and oxygen atoms in total. The molecule has 0 radical (unpaired) electrons. The molecule has 1 atom stereocenters. The van der Waals surface area contributed by atoms with Crippen molar-refractivity contribution in [3.8, 4) is 0 Å². The average molecular weight is 360 g/mol. The quantitative estimate of drug-likeness (QED) is 0.687. The minimum atomic E-state index is -2.96. The van der Waals surface area contributed by atoms with Gasteiger partial charge in [-0.1, -0.05) is 19.3 Å². The highest BCUT2D eigenvalue weighted by atomic mass is 32.2. The van der Waals surface area contributed by atoms with Crippen molar-refractivity contribution in [3.05, 3.63) is 0 Å². The van der Waals surface area contributed by atoms with E-state index in [2.05, 4.69) is 5.32 Å². The fourth-order valence-corrected chi connectivity index (χ4v) is 4.44. The molecule has 1 heterocycles. The molecule has 0 bridgehead atoms. The molecule has 2 fully saturated rings. The van der Waals surface area contributed by atoms with Crippen LogP contribution in [0, 0.1) is 5.92 Å². The van der Waals surface area contributed by atoms with E-state index in [0.717, 1.165) is 12.8 Å². The number of hydrogen-bond donors (Lipinski definition) is 1. The van der Waals surface area contributed by atoms with E-state index in [1.807, 2.05) is 0 Å². The first-order chi connectivity index (χ1) is 11.4. The van der Waals surface area contributed by atoms with Crippen molar-refractivity contribution in [2.75, 3.05) is 37.7 Å². The predicted molar refractivity (Wildman–Crippen MR) is 90.2 cm³/mol. The number of sulfone groups is 1. The van der Waals surface area contributed by atoms with Crippen LogP contribution in [0.25, 0.3) is 0 Å². The molecule has 138 valence electrons. The van der Waals surface area contributed by atoms with Crippen molar-refractivity contribution >= 4 is 21.7 Å². The number of nitrogens with zero attached hydrogens (tertiary/aromatic N) is 1. The van der Waals surface area contributed by atoms with Gasteiger partial charge in [0.05, 0.1) is 18.1 Å². The lowest BCUT2D eigenvalue weighted by Gasteiger charge is -2.26. The first-order valence-corrected chi connectivity index (χ1v) is 10.6. The first-order valence-electron chi connectivity index (χ1n) is 8.76. The van der Waals surface area contributed by atoms with Gasteiger partial charge in [-0.3, -0.25) is 14.5 Å². The highest BCUT2D eigenvalue weighted by Gasteiger charge is 2.25. The molecule has 0 aromatic carbocycles. The Labute approximate surface area is 144 Å². The summed E-state index contributed by atoms with van der Waals surface area (Å²) in [5.74, 6) is -0.0965. The lowest BCUT2D eigenvalue weighted by molar-refractivity contribution is -0.155. The van der Waals surface area contributed by atoms with Gasteiger partial charge in [0.1, 0.15) is 0 Å². The number of rotatable bonds is 6. The highest BCUT2D eigenvalue weighted by Crippen LogP contribution is 2.22. The second-order valence-electron chi connectivity index (χ2n) is 6.81. The summed E-state index contributed by atoms with van der Waals surface area (Å²) in [5, 5.41) is 2.86. The van der Waals surface area contributed by atoms with Crippen LogP contribution in [-0.4, -0.2) is 69.0 Å². The van der Waals surface area contributed by atoms with Crippen LogP contribution in [-0.2, 0) is 24.2 Å². The number of esters is 1. The lowest BCUT2D eigenvalue weighted by atomic mass is 9.89. The number of hydrogen-bond acceptors (Lipinski definition) is 6. The van der Waals surface area contributed by atoms with Gasteiger partial charge in [0.25, 0.3) is 5.91 Å². The van der Waals surface area contributed by atoms with Crippen molar-refractivity contribution in [1.29, 1.82) is 0 Å². The molecular formula is C16H28N2O5S. The molecule has 2 rings (SSSR count). The zero-order chi connectivity index (χ0) is 17.6. The molecule has 1 unspecified atom stereocenters. The Bertz CT molecular complexity index is 529. The van der Waals surface area contributed by atoms with Crippen LogP contribution in [0.1, 0.15) is 39.0 Å². The van der Waals surface area contributed by atoms with Gasteiger partial charge in [-0.2, -0.15) is 0 Å². The molecule has 1 saturated heterocycles. The third-order valence-corrected chi connectivity index (χ3v) is 6.37.